The van der Waals surface area contributed by atoms with Crippen LogP contribution < -0.4 is 0 Å². The van der Waals surface area contributed by atoms with Crippen molar-refractivity contribution in [2.45, 2.75) is 19.4 Å². The van der Waals surface area contributed by atoms with Gasteiger partial charge in [0.2, 0.25) is 0 Å². The number of likely N-dealkylation sites (tertiary alicyclic amines) is 1. The minimum atomic E-state index is -0.565. The van der Waals surface area contributed by atoms with E-state index in [9.17, 15) is 9.90 Å². The number of aliphatic hydroxyl groups is 1. The highest BCUT2D eigenvalue weighted by Crippen LogP contribution is 2.24. The van der Waals surface area contributed by atoms with Crippen molar-refractivity contribution in [3.05, 3.63) is 40.5 Å². The van der Waals surface area contributed by atoms with Crippen LogP contribution in [0.3, 0.4) is 0 Å². The molecule has 0 saturated carbocycles. The van der Waals surface area contributed by atoms with Crippen molar-refractivity contribution in [2.24, 2.45) is 13.0 Å². The molecule has 2 aromatic heterocycles. The molecule has 0 aliphatic carbocycles. The van der Waals surface area contributed by atoms with Crippen LogP contribution >= 0.6 is 11.6 Å². The van der Waals surface area contributed by atoms with Gasteiger partial charge in [-0.05, 0) is 13.0 Å². The number of nitrogens with zero attached hydrogens (tertiary/aromatic N) is 3. The number of β-amino-alcohol motifs (C(OH)–C–C–N with tert-alkyl or cyclic N) is 1. The summed E-state index contributed by atoms with van der Waals surface area (Å²) >= 11 is 5.92. The van der Waals surface area contributed by atoms with Gasteiger partial charge in [0.15, 0.2) is 0 Å². The molecule has 1 fully saturated rings. The van der Waals surface area contributed by atoms with E-state index in [2.05, 4.69) is 5.16 Å². The molecule has 0 radical (unpaired) electrons. The summed E-state index contributed by atoms with van der Waals surface area (Å²) in [5.74, 6) is 0.564. The van der Waals surface area contributed by atoms with E-state index in [4.69, 9.17) is 16.1 Å². The van der Waals surface area contributed by atoms with Crippen LogP contribution in [-0.2, 0) is 13.5 Å². The van der Waals surface area contributed by atoms with Gasteiger partial charge in [0.05, 0.1) is 16.8 Å². The van der Waals surface area contributed by atoms with E-state index in [1.165, 1.54) is 0 Å². The average molecular weight is 324 g/mol. The zero-order valence-electron chi connectivity index (χ0n) is 12.5. The van der Waals surface area contributed by atoms with Gasteiger partial charge in [0.1, 0.15) is 11.5 Å². The SMILES string of the molecule is Cc1cc(C[C@@H]2CN(C(=O)c3cc(Cl)cn3C)C[C@@H]2O)on1. The first-order valence-corrected chi connectivity index (χ1v) is 7.53. The Morgan fingerprint density at radius 3 is 2.86 bits per heavy atom. The van der Waals surface area contributed by atoms with Gasteiger partial charge in [0, 0.05) is 44.7 Å². The predicted molar refractivity (Wildman–Crippen MR) is 80.8 cm³/mol. The number of rotatable bonds is 3. The fraction of sp³-hybridized carbons (Fsp3) is 0.467. The van der Waals surface area contributed by atoms with Gasteiger partial charge >= 0.3 is 0 Å². The van der Waals surface area contributed by atoms with Gasteiger partial charge in [-0.25, -0.2) is 0 Å². The fourth-order valence-electron chi connectivity index (χ4n) is 2.89. The van der Waals surface area contributed by atoms with E-state index < -0.39 is 6.10 Å². The molecule has 1 amide bonds. The standard InChI is InChI=1S/C15H18ClN3O3/c1-9-3-12(22-17-9)4-10-6-19(8-14(10)20)15(21)13-5-11(16)7-18(13)2/h3,5,7,10,14,20H,4,6,8H2,1-2H3/t10-,14+/m1/s1. The molecule has 0 unspecified atom stereocenters. The first kappa shape index (κ1) is 15.1. The smallest absolute Gasteiger partial charge is 0.270 e. The van der Waals surface area contributed by atoms with Crippen LogP contribution in [0.4, 0.5) is 0 Å². The normalized spacial score (nSPS) is 21.5. The molecule has 0 bridgehead atoms. The second-order valence-electron chi connectivity index (χ2n) is 5.83. The minimum Gasteiger partial charge on any atom is -0.391 e. The van der Waals surface area contributed by atoms with Crippen LogP contribution in [0.1, 0.15) is 21.9 Å². The van der Waals surface area contributed by atoms with Crippen LogP contribution in [0.5, 0.6) is 0 Å². The molecule has 2 atom stereocenters. The number of aryl methyl sites for hydroxylation is 2. The molecule has 1 aliphatic heterocycles. The van der Waals surface area contributed by atoms with Gasteiger partial charge in [-0.3, -0.25) is 4.79 Å². The van der Waals surface area contributed by atoms with Crippen LogP contribution in [0.2, 0.25) is 5.02 Å². The number of carbonyl (C=O) groups is 1. The van der Waals surface area contributed by atoms with Crippen molar-refractivity contribution in [1.82, 2.24) is 14.6 Å². The quantitative estimate of drug-likeness (QED) is 0.932. The summed E-state index contributed by atoms with van der Waals surface area (Å²) in [4.78, 5) is 14.2. The van der Waals surface area contributed by atoms with Crippen LogP contribution in [0.25, 0.3) is 0 Å². The summed E-state index contributed by atoms with van der Waals surface area (Å²) < 4.78 is 6.89. The van der Waals surface area contributed by atoms with E-state index in [0.717, 1.165) is 11.5 Å². The van der Waals surface area contributed by atoms with E-state index >= 15 is 0 Å². The molecule has 1 aliphatic rings. The number of carbonyl (C=O) groups excluding carboxylic acids is 1. The maximum atomic E-state index is 12.5. The number of amides is 1. The van der Waals surface area contributed by atoms with Gasteiger partial charge < -0.3 is 19.1 Å². The fourth-order valence-corrected chi connectivity index (χ4v) is 3.14. The summed E-state index contributed by atoms with van der Waals surface area (Å²) in [5, 5.41) is 14.6. The number of hydrogen-bond acceptors (Lipinski definition) is 4. The third-order valence-corrected chi connectivity index (χ3v) is 4.23. The highest BCUT2D eigenvalue weighted by molar-refractivity contribution is 6.31. The number of halogens is 1. The molecule has 1 N–H and O–H groups in total. The second kappa shape index (κ2) is 5.78. The maximum absolute atomic E-state index is 12.5. The van der Waals surface area contributed by atoms with Crippen molar-refractivity contribution >= 4 is 17.5 Å². The Bertz CT molecular complexity index is 694. The van der Waals surface area contributed by atoms with Gasteiger partial charge in [-0.2, -0.15) is 0 Å². The number of aliphatic hydroxyl groups excluding tert-OH is 1. The lowest BCUT2D eigenvalue weighted by Gasteiger charge is -2.16. The lowest BCUT2D eigenvalue weighted by atomic mass is 10.0. The lowest BCUT2D eigenvalue weighted by Crippen LogP contribution is -2.30. The largest absolute Gasteiger partial charge is 0.391 e. The van der Waals surface area contributed by atoms with E-state index in [1.807, 2.05) is 13.0 Å². The van der Waals surface area contributed by atoms with Crippen molar-refractivity contribution in [3.63, 3.8) is 0 Å². The van der Waals surface area contributed by atoms with Crippen LogP contribution in [0.15, 0.2) is 22.9 Å². The van der Waals surface area contributed by atoms with Gasteiger partial charge in [-0.1, -0.05) is 16.8 Å². The number of hydrogen-bond donors (Lipinski definition) is 1. The molecule has 6 nitrogen and oxygen atoms in total. The Kier molecular flexibility index (Phi) is 3.97. The molecular formula is C15H18ClN3O3. The average Bonchev–Trinajstić information content (AvgIpc) is 3.11. The zero-order chi connectivity index (χ0) is 15.9. The molecular weight excluding hydrogens is 306 g/mol. The molecule has 22 heavy (non-hydrogen) atoms. The molecule has 118 valence electrons. The summed E-state index contributed by atoms with van der Waals surface area (Å²) in [6, 6.07) is 3.50. The molecule has 3 heterocycles. The van der Waals surface area contributed by atoms with E-state index in [1.54, 1.807) is 28.8 Å². The third-order valence-electron chi connectivity index (χ3n) is 4.02. The van der Waals surface area contributed by atoms with Crippen molar-refractivity contribution in [1.29, 1.82) is 0 Å². The number of aromatic nitrogens is 2. The van der Waals surface area contributed by atoms with E-state index in [-0.39, 0.29) is 11.8 Å². The van der Waals surface area contributed by atoms with Crippen molar-refractivity contribution < 1.29 is 14.4 Å². The molecule has 0 spiro atoms. The monoisotopic (exact) mass is 323 g/mol. The first-order valence-electron chi connectivity index (χ1n) is 7.15. The Hall–Kier alpha value is -1.79. The van der Waals surface area contributed by atoms with Crippen molar-refractivity contribution in [3.8, 4) is 0 Å². The van der Waals surface area contributed by atoms with Crippen LogP contribution in [0, 0.1) is 12.8 Å². The zero-order valence-corrected chi connectivity index (χ0v) is 13.2. The Balaban J connectivity index is 1.70. The summed E-state index contributed by atoms with van der Waals surface area (Å²) in [6.45, 7) is 2.66. The minimum absolute atomic E-state index is 0.0490. The molecule has 2 aromatic rings. The lowest BCUT2D eigenvalue weighted by molar-refractivity contribution is 0.0755. The Labute approximate surface area is 133 Å². The van der Waals surface area contributed by atoms with Crippen molar-refractivity contribution in [2.75, 3.05) is 13.1 Å². The topological polar surface area (TPSA) is 71.5 Å². The van der Waals surface area contributed by atoms with Gasteiger partial charge in [-0.15, -0.1) is 0 Å². The molecule has 3 rings (SSSR count). The maximum Gasteiger partial charge on any atom is 0.270 e. The van der Waals surface area contributed by atoms with Crippen LogP contribution in [-0.4, -0.2) is 44.8 Å². The molecule has 1 saturated heterocycles. The summed E-state index contributed by atoms with van der Waals surface area (Å²) in [6.07, 6.45) is 1.69. The Morgan fingerprint density at radius 2 is 2.27 bits per heavy atom. The second-order valence-corrected chi connectivity index (χ2v) is 6.27. The summed E-state index contributed by atoms with van der Waals surface area (Å²) in [5.41, 5.74) is 1.34. The molecule has 7 heteroatoms. The van der Waals surface area contributed by atoms with E-state index in [0.29, 0.717) is 30.2 Å². The first-order chi connectivity index (χ1) is 10.4. The highest BCUT2D eigenvalue weighted by atomic mass is 35.5. The Morgan fingerprint density at radius 1 is 1.50 bits per heavy atom. The third kappa shape index (κ3) is 2.89. The molecule has 0 aromatic carbocycles. The summed E-state index contributed by atoms with van der Waals surface area (Å²) in [7, 11) is 1.78. The highest BCUT2D eigenvalue weighted by Gasteiger charge is 2.35. The predicted octanol–water partition coefficient (Wildman–Crippen LogP) is 1.65. The van der Waals surface area contributed by atoms with Gasteiger partial charge in [0.25, 0.3) is 5.91 Å².